The molecule has 3 nitrogen and oxygen atoms in total. The van der Waals surface area contributed by atoms with Gasteiger partial charge in [0.05, 0.1) is 38.9 Å². The Morgan fingerprint density at radius 3 is 2.30 bits per heavy atom. The molecule has 30 heavy (non-hydrogen) atoms. The Labute approximate surface area is 192 Å². The molecule has 0 radical (unpaired) electrons. The van der Waals surface area contributed by atoms with Crippen LogP contribution >= 0.6 is 50.7 Å². The highest BCUT2D eigenvalue weighted by molar-refractivity contribution is 9.10. The van der Waals surface area contributed by atoms with Crippen molar-refractivity contribution in [2.24, 2.45) is 10.9 Å². The summed E-state index contributed by atoms with van der Waals surface area (Å²) in [6.07, 6.45) is -4.95. The fourth-order valence-electron chi connectivity index (χ4n) is 3.46. The smallest absolute Gasteiger partial charge is 0.401 e. The van der Waals surface area contributed by atoms with Crippen molar-refractivity contribution in [3.8, 4) is 0 Å². The molecule has 0 saturated heterocycles. The lowest BCUT2D eigenvalue weighted by molar-refractivity contribution is -0.200. The molecule has 0 amide bonds. The first-order valence-electron chi connectivity index (χ1n) is 8.23. The van der Waals surface area contributed by atoms with Crippen LogP contribution in [0.3, 0.4) is 0 Å². The van der Waals surface area contributed by atoms with Gasteiger partial charge in [-0.25, -0.2) is 4.39 Å². The summed E-state index contributed by atoms with van der Waals surface area (Å²) in [4.78, 5) is 16.7. The molecule has 11 heteroatoms. The first-order chi connectivity index (χ1) is 13.9. The number of alkyl halides is 3. The Bertz CT molecular complexity index is 1040. The third-order valence-electron chi connectivity index (χ3n) is 4.92. The van der Waals surface area contributed by atoms with E-state index < -0.39 is 35.8 Å². The van der Waals surface area contributed by atoms with Crippen LogP contribution in [0.2, 0.25) is 15.1 Å². The number of rotatable bonds is 3. The number of esters is 1. The van der Waals surface area contributed by atoms with Gasteiger partial charge in [0.1, 0.15) is 17.2 Å². The van der Waals surface area contributed by atoms with Gasteiger partial charge in [-0.15, -0.1) is 0 Å². The first kappa shape index (κ1) is 23.3. The van der Waals surface area contributed by atoms with Crippen molar-refractivity contribution in [1.29, 1.82) is 0 Å². The summed E-state index contributed by atoms with van der Waals surface area (Å²) >= 11 is 20.8. The van der Waals surface area contributed by atoms with Crippen LogP contribution < -0.4 is 0 Å². The molecule has 0 fully saturated rings. The molecule has 2 aromatic carbocycles. The second kappa shape index (κ2) is 8.30. The summed E-state index contributed by atoms with van der Waals surface area (Å²) in [6, 6.07) is 5.57. The number of hydrogen-bond donors (Lipinski definition) is 0. The van der Waals surface area contributed by atoms with Crippen molar-refractivity contribution in [2.75, 3.05) is 13.7 Å². The molecular weight excluding hydrogens is 536 g/mol. The van der Waals surface area contributed by atoms with Crippen LogP contribution in [-0.2, 0) is 14.9 Å². The minimum Gasteiger partial charge on any atom is -0.468 e. The maximum atomic E-state index is 14.6. The minimum absolute atomic E-state index is 0.00778. The zero-order valence-corrected chi connectivity index (χ0v) is 18.8. The highest BCUT2D eigenvalue weighted by Crippen LogP contribution is 2.53. The Kier molecular flexibility index (Phi) is 6.45. The predicted molar refractivity (Wildman–Crippen MR) is 110 cm³/mol. The van der Waals surface area contributed by atoms with Gasteiger partial charge in [-0.1, -0.05) is 40.9 Å². The van der Waals surface area contributed by atoms with Crippen LogP contribution in [0.1, 0.15) is 11.1 Å². The van der Waals surface area contributed by atoms with E-state index in [1.165, 1.54) is 12.1 Å². The standard InChI is InChI=1S/C19H11BrCl3F4NO2/c1-30-17(29)14-16(8-2-3-13(24)10(20)4-8)28-7-18(14,19(25,26)27)9-5-11(21)15(23)12(22)6-9/h2-6,14H,7H2,1H3. The van der Waals surface area contributed by atoms with E-state index in [-0.39, 0.29) is 36.4 Å². The van der Waals surface area contributed by atoms with Gasteiger partial charge in [-0.2, -0.15) is 13.2 Å². The normalized spacial score (nSPS) is 21.5. The zero-order chi connectivity index (χ0) is 22.4. The fourth-order valence-corrected chi connectivity index (χ4v) is 4.43. The van der Waals surface area contributed by atoms with E-state index in [2.05, 4.69) is 20.9 Å². The van der Waals surface area contributed by atoms with Crippen LogP contribution in [0.4, 0.5) is 17.6 Å². The van der Waals surface area contributed by atoms with E-state index in [9.17, 15) is 22.4 Å². The molecule has 0 aromatic heterocycles. The van der Waals surface area contributed by atoms with E-state index in [1.54, 1.807) is 0 Å². The third-order valence-corrected chi connectivity index (χ3v) is 6.73. The lowest BCUT2D eigenvalue weighted by Crippen LogP contribution is -2.53. The average molecular weight is 548 g/mol. The number of hydrogen-bond acceptors (Lipinski definition) is 3. The Morgan fingerprint density at radius 1 is 1.20 bits per heavy atom. The van der Waals surface area contributed by atoms with Crippen molar-refractivity contribution >= 4 is 62.4 Å². The lowest BCUT2D eigenvalue weighted by atomic mass is 9.68. The predicted octanol–water partition coefficient (Wildman–Crippen LogP) is 6.64. The highest BCUT2D eigenvalue weighted by Gasteiger charge is 2.67. The number of aliphatic imine (C=N–C) groups is 1. The molecule has 160 valence electrons. The second-order valence-electron chi connectivity index (χ2n) is 6.51. The highest BCUT2D eigenvalue weighted by atomic mass is 79.9. The summed E-state index contributed by atoms with van der Waals surface area (Å²) < 4.78 is 62.1. The van der Waals surface area contributed by atoms with Gasteiger partial charge in [0, 0.05) is 0 Å². The summed E-state index contributed by atoms with van der Waals surface area (Å²) in [7, 11) is 0.974. The third kappa shape index (κ3) is 3.72. The fraction of sp³-hybridized carbons (Fsp3) is 0.263. The Morgan fingerprint density at radius 2 is 1.80 bits per heavy atom. The van der Waals surface area contributed by atoms with Crippen molar-refractivity contribution in [1.82, 2.24) is 0 Å². The van der Waals surface area contributed by atoms with Gasteiger partial charge in [0.2, 0.25) is 0 Å². The molecule has 0 aliphatic carbocycles. The molecule has 1 heterocycles. The lowest BCUT2D eigenvalue weighted by Gasteiger charge is -2.36. The largest absolute Gasteiger partial charge is 0.468 e. The zero-order valence-electron chi connectivity index (χ0n) is 15.0. The molecule has 2 unspecified atom stereocenters. The van der Waals surface area contributed by atoms with Crippen LogP contribution in [0.25, 0.3) is 0 Å². The van der Waals surface area contributed by atoms with Crippen molar-refractivity contribution in [2.45, 2.75) is 11.6 Å². The Hall–Kier alpha value is -1.35. The van der Waals surface area contributed by atoms with Gasteiger partial charge in [-0.05, 0) is 51.3 Å². The maximum absolute atomic E-state index is 14.6. The summed E-state index contributed by atoms with van der Waals surface area (Å²) in [5.41, 5.74) is -3.25. The van der Waals surface area contributed by atoms with Crippen molar-refractivity contribution in [3.63, 3.8) is 0 Å². The minimum atomic E-state index is -4.95. The van der Waals surface area contributed by atoms with Gasteiger partial charge < -0.3 is 4.74 Å². The van der Waals surface area contributed by atoms with Gasteiger partial charge in [0.25, 0.3) is 0 Å². The van der Waals surface area contributed by atoms with E-state index in [0.29, 0.717) is 0 Å². The van der Waals surface area contributed by atoms with E-state index >= 15 is 0 Å². The van der Waals surface area contributed by atoms with E-state index in [4.69, 9.17) is 39.5 Å². The molecule has 0 spiro atoms. The summed E-state index contributed by atoms with van der Waals surface area (Å²) in [5.74, 6) is -3.66. The Balaban J connectivity index is 2.28. The van der Waals surface area contributed by atoms with E-state index in [0.717, 1.165) is 25.3 Å². The van der Waals surface area contributed by atoms with Crippen LogP contribution in [-0.4, -0.2) is 31.5 Å². The molecule has 2 atom stereocenters. The number of carbonyl (C=O) groups is 1. The second-order valence-corrected chi connectivity index (χ2v) is 8.56. The maximum Gasteiger partial charge on any atom is 0.401 e. The molecule has 3 rings (SSSR count). The summed E-state index contributed by atoms with van der Waals surface area (Å²) in [5, 5.41) is -0.524. The molecule has 1 aliphatic rings. The number of ether oxygens (including phenoxy) is 1. The number of benzene rings is 2. The van der Waals surface area contributed by atoms with Crippen LogP contribution in [0.5, 0.6) is 0 Å². The van der Waals surface area contributed by atoms with Crippen molar-refractivity contribution in [3.05, 3.63) is 66.8 Å². The molecule has 0 bridgehead atoms. The SMILES string of the molecule is COC(=O)C1C(c2ccc(F)c(Br)c2)=NCC1(c1cc(Cl)c(Cl)c(Cl)c1)C(F)(F)F. The van der Waals surface area contributed by atoms with Gasteiger partial charge in [0.15, 0.2) is 0 Å². The van der Waals surface area contributed by atoms with Crippen molar-refractivity contribution < 1.29 is 27.1 Å². The topological polar surface area (TPSA) is 38.7 Å². The number of carbonyl (C=O) groups excluding carboxylic acids is 1. The molecule has 1 aliphatic heterocycles. The van der Waals surface area contributed by atoms with Crippen LogP contribution in [0, 0.1) is 11.7 Å². The number of halogens is 8. The monoisotopic (exact) mass is 545 g/mol. The first-order valence-corrected chi connectivity index (χ1v) is 10.2. The quantitative estimate of drug-likeness (QED) is 0.246. The molecule has 0 N–H and O–H groups in total. The average Bonchev–Trinajstić information content (AvgIpc) is 3.09. The molecule has 2 aromatic rings. The number of nitrogens with zero attached hydrogens (tertiary/aromatic N) is 1. The van der Waals surface area contributed by atoms with Gasteiger partial charge in [-0.3, -0.25) is 9.79 Å². The molecule has 0 saturated carbocycles. The summed E-state index contributed by atoms with van der Waals surface area (Å²) in [6.45, 7) is -0.825. The van der Waals surface area contributed by atoms with E-state index in [1.807, 2.05) is 0 Å². The molecular formula is C19H11BrCl3F4NO2. The van der Waals surface area contributed by atoms with Gasteiger partial charge >= 0.3 is 12.1 Å². The number of methoxy groups -OCH3 is 1. The van der Waals surface area contributed by atoms with Crippen LogP contribution in [0.15, 0.2) is 39.8 Å².